The molecule has 108 valence electrons. The van der Waals surface area contributed by atoms with Crippen molar-refractivity contribution in [3.63, 3.8) is 0 Å². The molecule has 1 unspecified atom stereocenters. The van der Waals surface area contributed by atoms with Crippen molar-refractivity contribution in [3.05, 3.63) is 65.7 Å². The van der Waals surface area contributed by atoms with Gasteiger partial charge in [-0.1, -0.05) is 30.3 Å². The molecule has 0 aromatic heterocycles. The molecule has 2 aromatic carbocycles. The molecule has 1 amide bonds. The molecule has 1 atom stereocenters. The van der Waals surface area contributed by atoms with Gasteiger partial charge < -0.3 is 10.6 Å². The van der Waals surface area contributed by atoms with Crippen LogP contribution in [0.5, 0.6) is 0 Å². The fourth-order valence-corrected chi connectivity index (χ4v) is 2.79. The topological polar surface area (TPSA) is 41.1 Å². The first-order chi connectivity index (χ1) is 10.3. The van der Waals surface area contributed by atoms with Crippen LogP contribution in [-0.4, -0.2) is 19.0 Å². The predicted octanol–water partition coefficient (Wildman–Crippen LogP) is 3.41. The fourth-order valence-electron chi connectivity index (χ4n) is 2.79. The third-order valence-corrected chi connectivity index (χ3v) is 3.95. The minimum atomic E-state index is -0.0492. The van der Waals surface area contributed by atoms with E-state index in [0.29, 0.717) is 5.92 Å². The maximum absolute atomic E-state index is 12.3. The van der Waals surface area contributed by atoms with Gasteiger partial charge in [-0.3, -0.25) is 4.79 Å². The highest BCUT2D eigenvalue weighted by Crippen LogP contribution is 2.24. The normalized spacial score (nSPS) is 18.2. The van der Waals surface area contributed by atoms with Crippen LogP contribution in [0.25, 0.3) is 0 Å². The Morgan fingerprint density at radius 1 is 1.10 bits per heavy atom. The standard InChI is InChI=1S/C18H20N2O/c21-18(20-17-9-2-1-3-10-17)15-7-4-6-14(12-15)16-8-5-11-19-13-16/h1-4,6-7,9-10,12,16,19H,5,8,11,13H2,(H,20,21). The molecule has 0 spiro atoms. The number of amides is 1. The molecule has 1 fully saturated rings. The summed E-state index contributed by atoms with van der Waals surface area (Å²) < 4.78 is 0. The molecule has 0 bridgehead atoms. The maximum atomic E-state index is 12.3. The van der Waals surface area contributed by atoms with Crippen molar-refractivity contribution < 1.29 is 4.79 Å². The molecule has 0 saturated carbocycles. The van der Waals surface area contributed by atoms with Gasteiger partial charge in [-0.05, 0) is 55.1 Å². The summed E-state index contributed by atoms with van der Waals surface area (Å²) in [6.07, 6.45) is 2.39. The first-order valence-electron chi connectivity index (χ1n) is 7.50. The quantitative estimate of drug-likeness (QED) is 0.904. The van der Waals surface area contributed by atoms with E-state index >= 15 is 0 Å². The SMILES string of the molecule is O=C(Nc1ccccc1)c1cccc(C2CCCNC2)c1. The monoisotopic (exact) mass is 280 g/mol. The largest absolute Gasteiger partial charge is 0.322 e. The van der Waals surface area contributed by atoms with E-state index in [9.17, 15) is 4.79 Å². The third kappa shape index (κ3) is 3.50. The van der Waals surface area contributed by atoms with Crippen LogP contribution in [0.3, 0.4) is 0 Å². The molecule has 1 aliphatic rings. The smallest absolute Gasteiger partial charge is 0.255 e. The number of anilines is 1. The van der Waals surface area contributed by atoms with E-state index in [1.54, 1.807) is 0 Å². The number of hydrogen-bond acceptors (Lipinski definition) is 2. The lowest BCUT2D eigenvalue weighted by Crippen LogP contribution is -2.28. The number of rotatable bonds is 3. The van der Waals surface area contributed by atoms with Crippen molar-refractivity contribution in [2.45, 2.75) is 18.8 Å². The third-order valence-electron chi connectivity index (χ3n) is 3.95. The Morgan fingerprint density at radius 2 is 1.95 bits per heavy atom. The Morgan fingerprint density at radius 3 is 2.71 bits per heavy atom. The van der Waals surface area contributed by atoms with Gasteiger partial charge in [-0.15, -0.1) is 0 Å². The first-order valence-corrected chi connectivity index (χ1v) is 7.50. The van der Waals surface area contributed by atoms with Gasteiger partial charge in [0.15, 0.2) is 0 Å². The van der Waals surface area contributed by atoms with Crippen LogP contribution in [0.4, 0.5) is 5.69 Å². The van der Waals surface area contributed by atoms with Crippen molar-refractivity contribution in [2.75, 3.05) is 18.4 Å². The Kier molecular flexibility index (Phi) is 4.31. The van der Waals surface area contributed by atoms with Crippen molar-refractivity contribution in [1.82, 2.24) is 5.32 Å². The van der Waals surface area contributed by atoms with E-state index in [-0.39, 0.29) is 5.91 Å². The molecule has 3 rings (SSSR count). The molecule has 1 aliphatic heterocycles. The van der Waals surface area contributed by atoms with Crippen LogP contribution in [0.2, 0.25) is 0 Å². The lowest BCUT2D eigenvalue weighted by Gasteiger charge is -2.23. The van der Waals surface area contributed by atoms with E-state index in [4.69, 9.17) is 0 Å². The number of piperidine rings is 1. The lowest BCUT2D eigenvalue weighted by atomic mass is 9.90. The molecule has 1 heterocycles. The van der Waals surface area contributed by atoms with Crippen LogP contribution in [0, 0.1) is 0 Å². The molecular weight excluding hydrogens is 260 g/mol. The summed E-state index contributed by atoms with van der Waals surface area (Å²) >= 11 is 0. The average Bonchev–Trinajstić information content (AvgIpc) is 2.57. The Hall–Kier alpha value is -2.13. The van der Waals surface area contributed by atoms with Crippen molar-refractivity contribution in [3.8, 4) is 0 Å². The zero-order valence-corrected chi connectivity index (χ0v) is 12.0. The summed E-state index contributed by atoms with van der Waals surface area (Å²) in [6.45, 7) is 2.11. The second-order valence-corrected chi connectivity index (χ2v) is 5.49. The van der Waals surface area contributed by atoms with Gasteiger partial charge in [-0.25, -0.2) is 0 Å². The molecule has 21 heavy (non-hydrogen) atoms. The minimum absolute atomic E-state index is 0.0492. The number of carbonyl (C=O) groups is 1. The zero-order chi connectivity index (χ0) is 14.5. The van der Waals surface area contributed by atoms with Crippen LogP contribution in [-0.2, 0) is 0 Å². The van der Waals surface area contributed by atoms with Crippen molar-refractivity contribution in [2.24, 2.45) is 0 Å². The highest BCUT2D eigenvalue weighted by Gasteiger charge is 2.16. The summed E-state index contributed by atoms with van der Waals surface area (Å²) in [5, 5.41) is 6.36. The maximum Gasteiger partial charge on any atom is 0.255 e. The van der Waals surface area contributed by atoms with Gasteiger partial charge >= 0.3 is 0 Å². The fraction of sp³-hybridized carbons (Fsp3) is 0.278. The van der Waals surface area contributed by atoms with Crippen molar-refractivity contribution >= 4 is 11.6 Å². The predicted molar refractivity (Wildman–Crippen MR) is 85.7 cm³/mol. The van der Waals surface area contributed by atoms with Gasteiger partial charge in [0.1, 0.15) is 0 Å². The Labute approximate surface area is 125 Å². The molecule has 3 nitrogen and oxygen atoms in total. The minimum Gasteiger partial charge on any atom is -0.322 e. The summed E-state index contributed by atoms with van der Waals surface area (Å²) in [6, 6.07) is 17.6. The lowest BCUT2D eigenvalue weighted by molar-refractivity contribution is 0.102. The van der Waals surface area contributed by atoms with Crippen LogP contribution in [0.1, 0.15) is 34.7 Å². The molecule has 0 aliphatic carbocycles. The number of hydrogen-bond donors (Lipinski definition) is 2. The van der Waals surface area contributed by atoms with E-state index in [1.165, 1.54) is 18.4 Å². The summed E-state index contributed by atoms with van der Waals surface area (Å²) in [5.74, 6) is 0.468. The van der Waals surface area contributed by atoms with E-state index < -0.39 is 0 Å². The van der Waals surface area contributed by atoms with Crippen LogP contribution in [0.15, 0.2) is 54.6 Å². The molecule has 2 aromatic rings. The van der Waals surface area contributed by atoms with Gasteiger partial charge in [0, 0.05) is 17.8 Å². The van der Waals surface area contributed by atoms with Crippen molar-refractivity contribution in [1.29, 1.82) is 0 Å². The number of nitrogens with one attached hydrogen (secondary N) is 2. The van der Waals surface area contributed by atoms with Gasteiger partial charge in [-0.2, -0.15) is 0 Å². The number of para-hydroxylation sites is 1. The first kappa shape index (κ1) is 13.8. The zero-order valence-electron chi connectivity index (χ0n) is 12.0. The van der Waals surface area contributed by atoms with Gasteiger partial charge in [0.25, 0.3) is 5.91 Å². The van der Waals surface area contributed by atoms with Gasteiger partial charge in [0.05, 0.1) is 0 Å². The second kappa shape index (κ2) is 6.55. The number of carbonyl (C=O) groups excluding carboxylic acids is 1. The average molecular weight is 280 g/mol. The van der Waals surface area contributed by atoms with E-state index in [2.05, 4.69) is 16.7 Å². The number of benzene rings is 2. The Balaban J connectivity index is 1.74. The molecular formula is C18H20N2O. The van der Waals surface area contributed by atoms with Crippen LogP contribution >= 0.6 is 0 Å². The summed E-state index contributed by atoms with van der Waals surface area (Å²) in [4.78, 5) is 12.3. The Bertz CT molecular complexity index is 604. The summed E-state index contributed by atoms with van der Waals surface area (Å²) in [7, 11) is 0. The molecule has 0 radical (unpaired) electrons. The van der Waals surface area contributed by atoms with Gasteiger partial charge in [0.2, 0.25) is 0 Å². The molecule has 2 N–H and O–H groups in total. The second-order valence-electron chi connectivity index (χ2n) is 5.49. The molecule has 3 heteroatoms. The van der Waals surface area contributed by atoms with E-state index in [0.717, 1.165) is 24.3 Å². The highest BCUT2D eigenvalue weighted by atomic mass is 16.1. The summed E-state index contributed by atoms with van der Waals surface area (Å²) in [5.41, 5.74) is 2.80. The van der Waals surface area contributed by atoms with E-state index in [1.807, 2.05) is 48.5 Å². The highest BCUT2D eigenvalue weighted by molar-refractivity contribution is 6.04. The van der Waals surface area contributed by atoms with Crippen LogP contribution < -0.4 is 10.6 Å². The molecule has 1 saturated heterocycles.